The van der Waals surface area contributed by atoms with E-state index in [0.29, 0.717) is 31.4 Å². The second kappa shape index (κ2) is 8.54. The molecule has 0 radical (unpaired) electrons. The van der Waals surface area contributed by atoms with Crippen molar-refractivity contribution in [3.63, 3.8) is 0 Å². The maximum Gasteiger partial charge on any atom is 0.306 e. The third-order valence-corrected chi connectivity index (χ3v) is 3.67. The Hall–Kier alpha value is -0.610. The third kappa shape index (κ3) is 6.92. The van der Waals surface area contributed by atoms with Crippen molar-refractivity contribution >= 4 is 5.97 Å². The molecule has 0 aromatic rings. The Morgan fingerprint density at radius 1 is 1.47 bits per heavy atom. The SMILES string of the molecule is CC(C)C[C@H](CN)CC(=O)OC[C@@H]1CCO[C@@H](C)C1. The predicted molar refractivity (Wildman–Crippen MR) is 75.7 cm³/mol. The number of nitrogens with two attached hydrogens (primary N) is 1. The van der Waals surface area contributed by atoms with Gasteiger partial charge in [0.2, 0.25) is 0 Å². The molecule has 2 N–H and O–H groups in total. The molecule has 0 spiro atoms. The topological polar surface area (TPSA) is 61.6 Å². The number of carbonyl (C=O) groups is 1. The first kappa shape index (κ1) is 16.4. The van der Waals surface area contributed by atoms with Crippen LogP contribution < -0.4 is 5.73 Å². The van der Waals surface area contributed by atoms with E-state index >= 15 is 0 Å². The summed E-state index contributed by atoms with van der Waals surface area (Å²) < 4.78 is 10.9. The highest BCUT2D eigenvalue weighted by atomic mass is 16.5. The van der Waals surface area contributed by atoms with Gasteiger partial charge in [0.15, 0.2) is 0 Å². The Kier molecular flexibility index (Phi) is 7.39. The van der Waals surface area contributed by atoms with Crippen LogP contribution in [0.1, 0.15) is 46.5 Å². The molecule has 3 atom stereocenters. The molecule has 4 nitrogen and oxygen atoms in total. The van der Waals surface area contributed by atoms with Gasteiger partial charge in [0.1, 0.15) is 0 Å². The quantitative estimate of drug-likeness (QED) is 0.722. The van der Waals surface area contributed by atoms with Crippen molar-refractivity contribution in [1.82, 2.24) is 0 Å². The van der Waals surface area contributed by atoms with E-state index < -0.39 is 0 Å². The predicted octanol–water partition coefficient (Wildman–Crippen LogP) is 2.36. The molecule has 1 fully saturated rings. The summed E-state index contributed by atoms with van der Waals surface area (Å²) in [7, 11) is 0. The van der Waals surface area contributed by atoms with Gasteiger partial charge in [-0.05, 0) is 50.5 Å². The van der Waals surface area contributed by atoms with E-state index in [9.17, 15) is 4.79 Å². The molecular weight excluding hydrogens is 242 g/mol. The standard InChI is InChI=1S/C15H29NO3/c1-11(2)6-14(9-16)8-15(17)19-10-13-4-5-18-12(3)7-13/h11-14H,4-10,16H2,1-3H3/t12-,13+,14-/m0/s1. The summed E-state index contributed by atoms with van der Waals surface area (Å²) in [6.07, 6.45) is 3.70. The van der Waals surface area contributed by atoms with Crippen LogP contribution in [0.5, 0.6) is 0 Å². The van der Waals surface area contributed by atoms with Gasteiger partial charge in [0.05, 0.1) is 12.7 Å². The maximum absolute atomic E-state index is 11.8. The molecule has 1 aliphatic rings. The Labute approximate surface area is 117 Å². The lowest BCUT2D eigenvalue weighted by Gasteiger charge is -2.27. The molecule has 1 aliphatic heterocycles. The Bertz CT molecular complexity index is 268. The Morgan fingerprint density at radius 3 is 2.79 bits per heavy atom. The van der Waals surface area contributed by atoms with Crippen molar-refractivity contribution < 1.29 is 14.3 Å². The summed E-state index contributed by atoms with van der Waals surface area (Å²) >= 11 is 0. The van der Waals surface area contributed by atoms with Gasteiger partial charge in [-0.3, -0.25) is 4.79 Å². The lowest BCUT2D eigenvalue weighted by atomic mass is 9.94. The van der Waals surface area contributed by atoms with Crippen LogP contribution in [0, 0.1) is 17.8 Å². The number of ether oxygens (including phenoxy) is 2. The number of rotatable bonds is 7. The zero-order valence-electron chi connectivity index (χ0n) is 12.6. The van der Waals surface area contributed by atoms with Crippen LogP contribution in [0.25, 0.3) is 0 Å². The van der Waals surface area contributed by atoms with E-state index in [0.717, 1.165) is 25.9 Å². The van der Waals surface area contributed by atoms with Gasteiger partial charge in [-0.25, -0.2) is 0 Å². The van der Waals surface area contributed by atoms with E-state index in [2.05, 4.69) is 20.8 Å². The highest BCUT2D eigenvalue weighted by Gasteiger charge is 2.21. The van der Waals surface area contributed by atoms with Gasteiger partial charge < -0.3 is 15.2 Å². The fraction of sp³-hybridized carbons (Fsp3) is 0.933. The zero-order chi connectivity index (χ0) is 14.3. The zero-order valence-corrected chi connectivity index (χ0v) is 12.6. The normalized spacial score (nSPS) is 25.3. The van der Waals surface area contributed by atoms with Crippen molar-refractivity contribution in [2.75, 3.05) is 19.8 Å². The summed E-state index contributed by atoms with van der Waals surface area (Å²) in [4.78, 5) is 11.8. The average Bonchev–Trinajstić information content (AvgIpc) is 2.35. The van der Waals surface area contributed by atoms with E-state index in [4.69, 9.17) is 15.2 Å². The van der Waals surface area contributed by atoms with Crippen LogP contribution in [-0.2, 0) is 14.3 Å². The highest BCUT2D eigenvalue weighted by molar-refractivity contribution is 5.69. The summed E-state index contributed by atoms with van der Waals surface area (Å²) in [5.74, 6) is 1.17. The van der Waals surface area contributed by atoms with Crippen molar-refractivity contribution in [2.24, 2.45) is 23.5 Å². The van der Waals surface area contributed by atoms with Gasteiger partial charge in [-0.2, -0.15) is 0 Å². The largest absolute Gasteiger partial charge is 0.465 e. The average molecular weight is 271 g/mol. The van der Waals surface area contributed by atoms with Crippen LogP contribution >= 0.6 is 0 Å². The number of hydrogen-bond donors (Lipinski definition) is 1. The van der Waals surface area contributed by atoms with Gasteiger partial charge >= 0.3 is 5.97 Å². The Morgan fingerprint density at radius 2 is 2.21 bits per heavy atom. The molecule has 0 unspecified atom stereocenters. The van der Waals surface area contributed by atoms with Crippen LogP contribution in [0.4, 0.5) is 0 Å². The highest BCUT2D eigenvalue weighted by Crippen LogP contribution is 2.21. The maximum atomic E-state index is 11.8. The van der Waals surface area contributed by atoms with Crippen LogP contribution in [0.2, 0.25) is 0 Å². The minimum atomic E-state index is -0.102. The minimum Gasteiger partial charge on any atom is -0.465 e. The molecule has 0 bridgehead atoms. The molecule has 0 saturated carbocycles. The summed E-state index contributed by atoms with van der Waals surface area (Å²) in [5, 5.41) is 0. The van der Waals surface area contributed by atoms with Gasteiger partial charge in [0.25, 0.3) is 0 Å². The molecule has 1 saturated heterocycles. The summed E-state index contributed by atoms with van der Waals surface area (Å²) in [6, 6.07) is 0. The lowest BCUT2D eigenvalue weighted by Crippen LogP contribution is -2.28. The van der Waals surface area contributed by atoms with E-state index in [1.165, 1.54) is 0 Å². The molecule has 0 aromatic heterocycles. The molecule has 1 heterocycles. The van der Waals surface area contributed by atoms with E-state index in [1.807, 2.05) is 0 Å². The molecule has 0 aliphatic carbocycles. The second-order valence-electron chi connectivity index (χ2n) is 6.19. The van der Waals surface area contributed by atoms with Crippen molar-refractivity contribution in [2.45, 2.75) is 52.6 Å². The second-order valence-corrected chi connectivity index (χ2v) is 6.19. The minimum absolute atomic E-state index is 0.102. The summed E-state index contributed by atoms with van der Waals surface area (Å²) in [5.41, 5.74) is 5.70. The van der Waals surface area contributed by atoms with Gasteiger partial charge in [0, 0.05) is 13.0 Å². The lowest BCUT2D eigenvalue weighted by molar-refractivity contribution is -0.147. The first-order valence-corrected chi connectivity index (χ1v) is 7.48. The molecule has 0 aromatic carbocycles. The fourth-order valence-electron chi connectivity index (χ4n) is 2.68. The monoisotopic (exact) mass is 271 g/mol. The van der Waals surface area contributed by atoms with Crippen molar-refractivity contribution in [1.29, 1.82) is 0 Å². The summed E-state index contributed by atoms with van der Waals surface area (Å²) in [6.45, 7) is 8.24. The van der Waals surface area contributed by atoms with Crippen LogP contribution in [-0.4, -0.2) is 31.8 Å². The van der Waals surface area contributed by atoms with Gasteiger partial charge in [-0.15, -0.1) is 0 Å². The molecule has 1 rings (SSSR count). The molecule has 4 heteroatoms. The first-order chi connectivity index (χ1) is 9.01. The smallest absolute Gasteiger partial charge is 0.306 e. The van der Waals surface area contributed by atoms with E-state index in [1.54, 1.807) is 0 Å². The van der Waals surface area contributed by atoms with E-state index in [-0.39, 0.29) is 18.0 Å². The van der Waals surface area contributed by atoms with Crippen LogP contribution in [0.3, 0.4) is 0 Å². The molecular formula is C15H29NO3. The van der Waals surface area contributed by atoms with Crippen molar-refractivity contribution in [3.05, 3.63) is 0 Å². The van der Waals surface area contributed by atoms with Crippen molar-refractivity contribution in [3.8, 4) is 0 Å². The van der Waals surface area contributed by atoms with Crippen LogP contribution in [0.15, 0.2) is 0 Å². The number of esters is 1. The van der Waals surface area contributed by atoms with Gasteiger partial charge in [-0.1, -0.05) is 13.8 Å². The fourth-order valence-corrected chi connectivity index (χ4v) is 2.68. The molecule has 112 valence electrons. The Balaban J connectivity index is 2.22. The third-order valence-electron chi connectivity index (χ3n) is 3.67. The number of carbonyl (C=O) groups excluding carboxylic acids is 1. The molecule has 0 amide bonds. The first-order valence-electron chi connectivity index (χ1n) is 7.48. The number of hydrogen-bond acceptors (Lipinski definition) is 4. The molecule has 19 heavy (non-hydrogen) atoms.